The van der Waals surface area contributed by atoms with Gasteiger partial charge in [0.25, 0.3) is 0 Å². The molecular weight excluding hydrogens is 294 g/mol. The molecule has 0 heterocycles. The molecule has 0 aliphatic carbocycles. The van der Waals surface area contributed by atoms with Crippen LogP contribution < -0.4 is 5.32 Å². The molecule has 2 atom stereocenters. The molecule has 5 nitrogen and oxygen atoms in total. The van der Waals surface area contributed by atoms with Gasteiger partial charge in [-0.25, -0.2) is 4.79 Å². The number of aliphatic hydroxyl groups excluding tert-OH is 1. The molecule has 0 unspecified atom stereocenters. The highest BCUT2D eigenvalue weighted by atomic mass is 16.6. The number of amides is 1. The first kappa shape index (κ1) is 16.8. The Morgan fingerprint density at radius 3 is 2.39 bits per heavy atom. The molecule has 2 aromatic carbocycles. The highest BCUT2D eigenvalue weighted by Crippen LogP contribution is 2.29. The molecule has 122 valence electrons. The van der Waals surface area contributed by atoms with Crippen molar-refractivity contribution in [2.24, 2.45) is 5.92 Å². The molecule has 0 fully saturated rings. The first-order valence-electron chi connectivity index (χ1n) is 7.52. The van der Waals surface area contributed by atoms with Gasteiger partial charge < -0.3 is 14.9 Å². The number of ether oxygens (including phenoxy) is 1. The number of rotatable bonds is 6. The molecule has 0 aromatic heterocycles. The van der Waals surface area contributed by atoms with E-state index in [0.29, 0.717) is 12.1 Å². The fourth-order valence-electron chi connectivity index (χ4n) is 2.32. The summed E-state index contributed by atoms with van der Waals surface area (Å²) in [6, 6.07) is 15.6. The van der Waals surface area contributed by atoms with Crippen molar-refractivity contribution in [2.45, 2.75) is 19.4 Å². The standard InChI is InChI=1S/C18H21NO4/c1-13(11-12-20)17(14-7-9-16(21)10-8-14)23-18(22)19-15-5-3-2-4-6-15/h2-10,13,17,20-21H,11-12H2,1H3,(H,19,22)/t13-,17+/m1/s1. The number of aromatic hydroxyl groups is 1. The zero-order valence-corrected chi connectivity index (χ0v) is 13.0. The topological polar surface area (TPSA) is 78.8 Å². The lowest BCUT2D eigenvalue weighted by atomic mass is 9.94. The van der Waals surface area contributed by atoms with Gasteiger partial charge >= 0.3 is 6.09 Å². The summed E-state index contributed by atoms with van der Waals surface area (Å²) in [5.41, 5.74) is 1.42. The van der Waals surface area contributed by atoms with E-state index < -0.39 is 12.2 Å². The number of carbonyl (C=O) groups is 1. The van der Waals surface area contributed by atoms with Crippen molar-refractivity contribution in [3.8, 4) is 5.75 Å². The lowest BCUT2D eigenvalue weighted by Crippen LogP contribution is -2.22. The van der Waals surface area contributed by atoms with Crippen molar-refractivity contribution < 1.29 is 19.7 Å². The van der Waals surface area contributed by atoms with Crippen LogP contribution in [0, 0.1) is 5.92 Å². The van der Waals surface area contributed by atoms with Gasteiger partial charge in [-0.3, -0.25) is 5.32 Å². The van der Waals surface area contributed by atoms with Crippen molar-refractivity contribution in [3.05, 3.63) is 60.2 Å². The van der Waals surface area contributed by atoms with Crippen LogP contribution >= 0.6 is 0 Å². The fraction of sp³-hybridized carbons (Fsp3) is 0.278. The minimum atomic E-state index is -0.556. The number of aliphatic hydroxyl groups is 1. The molecule has 0 aliphatic heterocycles. The van der Waals surface area contributed by atoms with Crippen LogP contribution in [-0.4, -0.2) is 22.9 Å². The van der Waals surface area contributed by atoms with E-state index in [9.17, 15) is 9.90 Å². The fourth-order valence-corrected chi connectivity index (χ4v) is 2.32. The molecule has 0 radical (unpaired) electrons. The van der Waals surface area contributed by atoms with Gasteiger partial charge in [0.1, 0.15) is 11.9 Å². The van der Waals surface area contributed by atoms with Crippen LogP contribution in [0.4, 0.5) is 10.5 Å². The van der Waals surface area contributed by atoms with Crippen LogP contribution in [0.15, 0.2) is 54.6 Å². The average Bonchev–Trinajstić information content (AvgIpc) is 2.55. The minimum absolute atomic E-state index is 0.0133. The predicted molar refractivity (Wildman–Crippen MR) is 88.3 cm³/mol. The second-order valence-corrected chi connectivity index (χ2v) is 5.40. The largest absolute Gasteiger partial charge is 0.508 e. The van der Waals surface area contributed by atoms with Gasteiger partial charge in [0.2, 0.25) is 0 Å². The third kappa shape index (κ3) is 5.00. The number of hydrogen-bond acceptors (Lipinski definition) is 4. The van der Waals surface area contributed by atoms with Crippen LogP contribution in [0.1, 0.15) is 25.0 Å². The highest BCUT2D eigenvalue weighted by Gasteiger charge is 2.23. The SMILES string of the molecule is C[C@H](CCO)[C@H](OC(=O)Nc1ccccc1)c1ccc(O)cc1. The Morgan fingerprint density at radius 2 is 1.78 bits per heavy atom. The molecule has 3 N–H and O–H groups in total. The zero-order valence-electron chi connectivity index (χ0n) is 13.0. The van der Waals surface area contributed by atoms with Gasteiger partial charge in [-0.15, -0.1) is 0 Å². The molecule has 2 rings (SSSR count). The lowest BCUT2D eigenvalue weighted by molar-refractivity contribution is 0.0667. The van der Waals surface area contributed by atoms with Crippen molar-refractivity contribution >= 4 is 11.8 Å². The summed E-state index contributed by atoms with van der Waals surface area (Å²) in [5.74, 6) is 0.0853. The minimum Gasteiger partial charge on any atom is -0.508 e. The number of para-hydroxylation sites is 1. The maximum Gasteiger partial charge on any atom is 0.412 e. The number of nitrogens with one attached hydrogen (secondary N) is 1. The number of hydrogen-bond donors (Lipinski definition) is 3. The van der Waals surface area contributed by atoms with Crippen LogP contribution in [0.3, 0.4) is 0 Å². The van der Waals surface area contributed by atoms with Crippen LogP contribution in [-0.2, 0) is 4.74 Å². The Kier molecular flexibility index (Phi) is 6.00. The summed E-state index contributed by atoms with van der Waals surface area (Å²) in [6.07, 6.45) is -0.560. The number of anilines is 1. The van der Waals surface area contributed by atoms with Crippen LogP contribution in [0.5, 0.6) is 5.75 Å². The molecule has 5 heteroatoms. The predicted octanol–water partition coefficient (Wildman–Crippen LogP) is 3.70. The first-order chi connectivity index (χ1) is 11.1. The molecule has 0 saturated heterocycles. The monoisotopic (exact) mass is 315 g/mol. The second-order valence-electron chi connectivity index (χ2n) is 5.40. The van der Waals surface area contributed by atoms with E-state index in [2.05, 4.69) is 5.32 Å². The molecule has 0 bridgehead atoms. The van der Waals surface area contributed by atoms with E-state index in [1.54, 1.807) is 36.4 Å². The third-order valence-corrected chi connectivity index (χ3v) is 3.58. The van der Waals surface area contributed by atoms with Gasteiger partial charge in [-0.1, -0.05) is 37.3 Å². The molecule has 1 amide bonds. The van der Waals surface area contributed by atoms with E-state index in [1.165, 1.54) is 0 Å². The molecule has 0 saturated carbocycles. The summed E-state index contributed by atoms with van der Waals surface area (Å²) < 4.78 is 5.55. The summed E-state index contributed by atoms with van der Waals surface area (Å²) in [4.78, 5) is 12.1. The molecule has 0 spiro atoms. The second kappa shape index (κ2) is 8.19. The summed E-state index contributed by atoms with van der Waals surface area (Å²) in [6.45, 7) is 1.92. The summed E-state index contributed by atoms with van der Waals surface area (Å²) in [7, 11) is 0. The van der Waals surface area contributed by atoms with Crippen LogP contribution in [0.2, 0.25) is 0 Å². The van der Waals surface area contributed by atoms with Crippen molar-refractivity contribution in [2.75, 3.05) is 11.9 Å². The summed E-state index contributed by atoms with van der Waals surface area (Å²) in [5, 5.41) is 21.2. The van der Waals surface area contributed by atoms with Crippen molar-refractivity contribution in [1.29, 1.82) is 0 Å². The smallest absolute Gasteiger partial charge is 0.412 e. The highest BCUT2D eigenvalue weighted by molar-refractivity contribution is 5.84. The van der Waals surface area contributed by atoms with Gasteiger partial charge in [0.15, 0.2) is 0 Å². The molecule has 2 aromatic rings. The number of phenols is 1. The Bertz CT molecular complexity index is 613. The number of benzene rings is 2. The quantitative estimate of drug-likeness (QED) is 0.759. The third-order valence-electron chi connectivity index (χ3n) is 3.58. The maximum absolute atomic E-state index is 12.1. The molecular formula is C18H21NO4. The van der Waals surface area contributed by atoms with Crippen molar-refractivity contribution in [3.63, 3.8) is 0 Å². The van der Waals surface area contributed by atoms with Crippen molar-refractivity contribution in [1.82, 2.24) is 0 Å². The Morgan fingerprint density at radius 1 is 1.13 bits per heavy atom. The average molecular weight is 315 g/mol. The van der Waals surface area contributed by atoms with Gasteiger partial charge in [0, 0.05) is 12.3 Å². The Balaban J connectivity index is 2.10. The first-order valence-corrected chi connectivity index (χ1v) is 7.52. The molecule has 23 heavy (non-hydrogen) atoms. The van der Waals surface area contributed by atoms with E-state index >= 15 is 0 Å². The summed E-state index contributed by atoms with van der Waals surface area (Å²) >= 11 is 0. The Labute approximate surface area is 135 Å². The molecule has 0 aliphatic rings. The van der Waals surface area contributed by atoms with Gasteiger partial charge in [0.05, 0.1) is 0 Å². The normalized spacial score (nSPS) is 13.1. The number of phenolic OH excluding ortho intramolecular Hbond substituents is 1. The lowest BCUT2D eigenvalue weighted by Gasteiger charge is -2.24. The Hall–Kier alpha value is -2.53. The van der Waals surface area contributed by atoms with E-state index in [1.807, 2.05) is 25.1 Å². The van der Waals surface area contributed by atoms with E-state index in [-0.39, 0.29) is 18.3 Å². The maximum atomic E-state index is 12.1. The van der Waals surface area contributed by atoms with Gasteiger partial charge in [-0.05, 0) is 42.2 Å². The van der Waals surface area contributed by atoms with Gasteiger partial charge in [-0.2, -0.15) is 0 Å². The van der Waals surface area contributed by atoms with Crippen LogP contribution in [0.25, 0.3) is 0 Å². The number of carbonyl (C=O) groups excluding carboxylic acids is 1. The van der Waals surface area contributed by atoms with E-state index in [4.69, 9.17) is 9.84 Å². The van der Waals surface area contributed by atoms with E-state index in [0.717, 1.165) is 5.56 Å². The zero-order chi connectivity index (χ0) is 16.7.